The number of aliphatic imine (C=N–C) groups is 1. The molecule has 0 spiro atoms. The fourth-order valence-corrected chi connectivity index (χ4v) is 3.67. The zero-order chi connectivity index (χ0) is 15.6. The molecule has 6 nitrogen and oxygen atoms in total. The van der Waals surface area contributed by atoms with Gasteiger partial charge in [-0.2, -0.15) is 11.8 Å². The van der Waals surface area contributed by atoms with E-state index in [1.807, 2.05) is 23.4 Å². The van der Waals surface area contributed by atoms with Gasteiger partial charge >= 0.3 is 0 Å². The highest BCUT2D eigenvalue weighted by Gasteiger charge is 2.21. The van der Waals surface area contributed by atoms with E-state index in [2.05, 4.69) is 32.1 Å². The van der Waals surface area contributed by atoms with E-state index in [-0.39, 0.29) is 0 Å². The van der Waals surface area contributed by atoms with Crippen LogP contribution in [0.3, 0.4) is 0 Å². The summed E-state index contributed by atoms with van der Waals surface area (Å²) in [6.45, 7) is 1.92. The summed E-state index contributed by atoms with van der Waals surface area (Å²) in [5, 5.41) is 15.4. The van der Waals surface area contributed by atoms with Gasteiger partial charge in [0.1, 0.15) is 12.7 Å². The van der Waals surface area contributed by atoms with E-state index >= 15 is 0 Å². The van der Waals surface area contributed by atoms with Crippen LogP contribution in [0.4, 0.5) is 0 Å². The summed E-state index contributed by atoms with van der Waals surface area (Å²) in [6.07, 6.45) is 13.1. The fourth-order valence-electron chi connectivity index (χ4n) is 2.84. The fraction of sp³-hybridized carbons (Fsp3) is 0.800. The predicted molar refractivity (Wildman–Crippen MR) is 93.3 cm³/mol. The third-order valence-corrected chi connectivity index (χ3v) is 5.22. The molecule has 1 heterocycles. The van der Waals surface area contributed by atoms with E-state index in [0.29, 0.717) is 6.04 Å². The quantitative estimate of drug-likeness (QED) is 0.455. The molecule has 1 aliphatic rings. The molecule has 1 fully saturated rings. The van der Waals surface area contributed by atoms with Crippen molar-refractivity contribution in [1.29, 1.82) is 0 Å². The van der Waals surface area contributed by atoms with Crippen LogP contribution in [0.1, 0.15) is 38.5 Å². The van der Waals surface area contributed by atoms with E-state index in [0.717, 1.165) is 37.1 Å². The number of unbranched alkanes of at least 4 members (excludes halogenated alkanes) is 1. The minimum Gasteiger partial charge on any atom is -0.356 e. The Morgan fingerprint density at radius 1 is 1.32 bits per heavy atom. The molecule has 2 rings (SSSR count). The van der Waals surface area contributed by atoms with Crippen LogP contribution in [0.2, 0.25) is 0 Å². The second-order valence-electron chi connectivity index (χ2n) is 5.77. The Hall–Kier alpha value is -1.24. The first-order valence-electron chi connectivity index (χ1n) is 8.14. The van der Waals surface area contributed by atoms with E-state index in [9.17, 15) is 0 Å². The second-order valence-corrected chi connectivity index (χ2v) is 6.91. The van der Waals surface area contributed by atoms with E-state index < -0.39 is 0 Å². The SMILES string of the molecule is CN=C(NCCCCn1cnnc1)NC1CCCC(SC)C1. The second kappa shape index (κ2) is 9.71. The number of thioether (sulfide) groups is 1. The van der Waals surface area contributed by atoms with E-state index in [1.54, 1.807) is 12.7 Å². The van der Waals surface area contributed by atoms with Gasteiger partial charge in [0.15, 0.2) is 5.96 Å². The summed E-state index contributed by atoms with van der Waals surface area (Å²) in [6, 6.07) is 0.564. The van der Waals surface area contributed by atoms with Gasteiger partial charge in [0.25, 0.3) is 0 Å². The summed E-state index contributed by atoms with van der Waals surface area (Å²) >= 11 is 1.99. The lowest BCUT2D eigenvalue weighted by Crippen LogP contribution is -2.45. The molecule has 0 saturated heterocycles. The molecule has 1 aliphatic carbocycles. The summed E-state index contributed by atoms with van der Waals surface area (Å²) < 4.78 is 2.01. The Kier molecular flexibility index (Phi) is 7.56. The summed E-state index contributed by atoms with van der Waals surface area (Å²) in [5.74, 6) is 0.941. The average Bonchev–Trinajstić information content (AvgIpc) is 3.07. The highest BCUT2D eigenvalue weighted by Crippen LogP contribution is 2.26. The molecule has 7 heteroatoms. The maximum atomic E-state index is 4.34. The van der Waals surface area contributed by atoms with Gasteiger partial charge in [0.05, 0.1) is 0 Å². The van der Waals surface area contributed by atoms with Crippen LogP contribution < -0.4 is 10.6 Å². The van der Waals surface area contributed by atoms with Crippen LogP contribution in [-0.2, 0) is 6.54 Å². The molecule has 0 aromatic carbocycles. The van der Waals surface area contributed by atoms with Crippen LogP contribution in [0.15, 0.2) is 17.6 Å². The van der Waals surface area contributed by atoms with Crippen molar-refractivity contribution in [3.05, 3.63) is 12.7 Å². The maximum Gasteiger partial charge on any atom is 0.191 e. The lowest BCUT2D eigenvalue weighted by atomic mass is 9.95. The number of nitrogens with one attached hydrogen (secondary N) is 2. The zero-order valence-electron chi connectivity index (χ0n) is 13.7. The number of guanidine groups is 1. The lowest BCUT2D eigenvalue weighted by molar-refractivity contribution is 0.419. The van der Waals surface area contributed by atoms with Gasteiger partial charge in [-0.3, -0.25) is 4.99 Å². The molecule has 2 atom stereocenters. The molecule has 0 aliphatic heterocycles. The maximum absolute atomic E-state index is 4.34. The van der Waals surface area contributed by atoms with Crippen molar-refractivity contribution in [2.75, 3.05) is 19.8 Å². The monoisotopic (exact) mass is 324 g/mol. The molecule has 0 amide bonds. The van der Waals surface area contributed by atoms with Gasteiger partial charge in [-0.1, -0.05) is 6.42 Å². The van der Waals surface area contributed by atoms with Crippen molar-refractivity contribution in [3.8, 4) is 0 Å². The normalized spacial score (nSPS) is 22.5. The third kappa shape index (κ3) is 5.87. The van der Waals surface area contributed by atoms with Gasteiger partial charge in [-0.15, -0.1) is 10.2 Å². The first kappa shape index (κ1) is 17.1. The van der Waals surface area contributed by atoms with Gasteiger partial charge in [0, 0.05) is 31.4 Å². The van der Waals surface area contributed by atoms with Crippen molar-refractivity contribution in [1.82, 2.24) is 25.4 Å². The Morgan fingerprint density at radius 3 is 2.86 bits per heavy atom. The van der Waals surface area contributed by atoms with Crippen molar-refractivity contribution >= 4 is 17.7 Å². The van der Waals surface area contributed by atoms with Crippen molar-refractivity contribution in [2.45, 2.75) is 56.4 Å². The smallest absolute Gasteiger partial charge is 0.191 e. The molecule has 1 aromatic rings. The summed E-state index contributed by atoms with van der Waals surface area (Å²) in [4.78, 5) is 4.34. The van der Waals surface area contributed by atoms with Crippen LogP contribution in [-0.4, -0.2) is 51.9 Å². The minimum atomic E-state index is 0.564. The largest absolute Gasteiger partial charge is 0.356 e. The van der Waals surface area contributed by atoms with Gasteiger partial charge in [0.2, 0.25) is 0 Å². The molecular weight excluding hydrogens is 296 g/mol. The van der Waals surface area contributed by atoms with E-state index in [4.69, 9.17) is 0 Å². The summed E-state index contributed by atoms with van der Waals surface area (Å²) in [5.41, 5.74) is 0. The topological polar surface area (TPSA) is 67.1 Å². The minimum absolute atomic E-state index is 0.564. The number of hydrogen-bond acceptors (Lipinski definition) is 4. The number of nitrogens with zero attached hydrogens (tertiary/aromatic N) is 4. The molecule has 0 radical (unpaired) electrons. The number of rotatable bonds is 7. The lowest BCUT2D eigenvalue weighted by Gasteiger charge is -2.29. The molecule has 124 valence electrons. The van der Waals surface area contributed by atoms with Crippen LogP contribution in [0.25, 0.3) is 0 Å². The zero-order valence-corrected chi connectivity index (χ0v) is 14.5. The first-order valence-corrected chi connectivity index (χ1v) is 9.43. The highest BCUT2D eigenvalue weighted by molar-refractivity contribution is 7.99. The number of aromatic nitrogens is 3. The molecule has 0 bridgehead atoms. The number of hydrogen-bond donors (Lipinski definition) is 2. The predicted octanol–water partition coefficient (Wildman–Crippen LogP) is 1.90. The van der Waals surface area contributed by atoms with Crippen LogP contribution in [0.5, 0.6) is 0 Å². The molecule has 2 N–H and O–H groups in total. The Labute approximate surface area is 137 Å². The van der Waals surface area contributed by atoms with Crippen molar-refractivity contribution < 1.29 is 0 Å². The molecule has 2 unspecified atom stereocenters. The molecular formula is C15H28N6S. The van der Waals surface area contributed by atoms with Crippen molar-refractivity contribution in [2.24, 2.45) is 4.99 Å². The van der Waals surface area contributed by atoms with Crippen molar-refractivity contribution in [3.63, 3.8) is 0 Å². The third-order valence-electron chi connectivity index (χ3n) is 4.13. The average molecular weight is 324 g/mol. The highest BCUT2D eigenvalue weighted by atomic mass is 32.2. The Bertz CT molecular complexity index is 433. The summed E-state index contributed by atoms with van der Waals surface area (Å²) in [7, 11) is 1.85. The molecule has 1 saturated carbocycles. The molecule has 1 aromatic heterocycles. The number of aryl methyl sites for hydroxylation is 1. The van der Waals surface area contributed by atoms with Gasteiger partial charge in [-0.05, 0) is 38.4 Å². The van der Waals surface area contributed by atoms with Gasteiger partial charge < -0.3 is 15.2 Å². The van der Waals surface area contributed by atoms with E-state index in [1.165, 1.54) is 25.7 Å². The Balaban J connectivity index is 1.60. The first-order chi connectivity index (χ1) is 10.8. The van der Waals surface area contributed by atoms with Crippen LogP contribution >= 0.6 is 11.8 Å². The van der Waals surface area contributed by atoms with Gasteiger partial charge in [-0.25, -0.2) is 0 Å². The van der Waals surface area contributed by atoms with Crippen LogP contribution in [0, 0.1) is 0 Å². The Morgan fingerprint density at radius 2 is 2.14 bits per heavy atom. The standard InChI is InChI=1S/C15H28N6S/c1-16-15(20-13-6-5-7-14(10-13)22-2)17-8-3-4-9-21-11-18-19-12-21/h11-14H,3-10H2,1-2H3,(H2,16,17,20). The molecule has 22 heavy (non-hydrogen) atoms.